The number of fused-ring (bicyclic) bond motifs is 1. The van der Waals surface area contributed by atoms with E-state index in [1.54, 1.807) is 30.3 Å². The molecule has 0 fully saturated rings. The molecule has 2 N–H and O–H groups in total. The number of halogens is 1. The maximum absolute atomic E-state index is 12.5. The molecule has 0 unspecified atom stereocenters. The second-order valence-electron chi connectivity index (χ2n) is 6.75. The summed E-state index contributed by atoms with van der Waals surface area (Å²) in [7, 11) is 0. The lowest BCUT2D eigenvalue weighted by atomic mass is 10.2. The lowest BCUT2D eigenvalue weighted by Gasteiger charge is -2.06. The first-order valence-corrected chi connectivity index (χ1v) is 11.6. The monoisotopic (exact) mass is 467 g/mol. The van der Waals surface area contributed by atoms with Gasteiger partial charge in [0.2, 0.25) is 5.91 Å². The van der Waals surface area contributed by atoms with E-state index < -0.39 is 0 Å². The standard InChI is InChI=1S/C23H18ClN3O2S2/c1-14-6-2-5-9-18(14)26-21(28)13-30-23-27-19-11-10-15(12-20(19)31-23)25-22(29)16-7-3-4-8-17(16)24/h2-12H,13H2,1H3,(H,25,29)(H,26,28). The Bertz CT molecular complexity index is 1270. The fourth-order valence-electron chi connectivity index (χ4n) is 2.91. The summed E-state index contributed by atoms with van der Waals surface area (Å²) >= 11 is 8.97. The zero-order chi connectivity index (χ0) is 21.8. The van der Waals surface area contributed by atoms with Crippen LogP contribution in [0.2, 0.25) is 5.02 Å². The number of hydrogen-bond donors (Lipinski definition) is 2. The minimum absolute atomic E-state index is 0.0775. The summed E-state index contributed by atoms with van der Waals surface area (Å²) in [6, 6.07) is 20.1. The van der Waals surface area contributed by atoms with Gasteiger partial charge in [-0.3, -0.25) is 9.59 Å². The Morgan fingerprint density at radius 1 is 1.03 bits per heavy atom. The molecule has 2 amide bonds. The van der Waals surface area contributed by atoms with Crippen LogP contribution in [0.25, 0.3) is 10.2 Å². The highest BCUT2D eigenvalue weighted by Gasteiger charge is 2.12. The lowest BCUT2D eigenvalue weighted by molar-refractivity contribution is -0.113. The number of carbonyl (C=O) groups is 2. The van der Waals surface area contributed by atoms with Crippen molar-refractivity contribution >= 4 is 68.1 Å². The number of aromatic nitrogens is 1. The van der Waals surface area contributed by atoms with Gasteiger partial charge < -0.3 is 10.6 Å². The zero-order valence-corrected chi connectivity index (χ0v) is 18.9. The smallest absolute Gasteiger partial charge is 0.257 e. The van der Waals surface area contributed by atoms with Gasteiger partial charge in [-0.05, 0) is 48.9 Å². The van der Waals surface area contributed by atoms with Crippen LogP contribution in [0.1, 0.15) is 15.9 Å². The summed E-state index contributed by atoms with van der Waals surface area (Å²) in [5.41, 5.74) is 3.74. The Kier molecular flexibility index (Phi) is 6.56. The Hall–Kier alpha value is -2.87. The van der Waals surface area contributed by atoms with Crippen LogP contribution >= 0.6 is 34.7 Å². The van der Waals surface area contributed by atoms with Gasteiger partial charge >= 0.3 is 0 Å². The van der Waals surface area contributed by atoms with Crippen molar-refractivity contribution < 1.29 is 9.59 Å². The Balaban J connectivity index is 1.40. The number of carbonyl (C=O) groups excluding carboxylic acids is 2. The van der Waals surface area contributed by atoms with E-state index in [2.05, 4.69) is 15.6 Å². The largest absolute Gasteiger partial charge is 0.325 e. The molecule has 3 aromatic carbocycles. The van der Waals surface area contributed by atoms with E-state index in [0.717, 1.165) is 25.8 Å². The predicted octanol–water partition coefficient (Wildman–Crippen LogP) is 6.24. The van der Waals surface area contributed by atoms with Crippen LogP contribution in [0, 0.1) is 6.92 Å². The molecule has 156 valence electrons. The molecule has 8 heteroatoms. The number of para-hydroxylation sites is 1. The van der Waals surface area contributed by atoms with Crippen LogP contribution in [0.4, 0.5) is 11.4 Å². The van der Waals surface area contributed by atoms with Crippen molar-refractivity contribution in [3.05, 3.63) is 82.9 Å². The number of thiazole rings is 1. The SMILES string of the molecule is Cc1ccccc1NC(=O)CSc1nc2ccc(NC(=O)c3ccccc3Cl)cc2s1. The van der Waals surface area contributed by atoms with E-state index in [0.29, 0.717) is 16.3 Å². The number of benzene rings is 3. The topological polar surface area (TPSA) is 71.1 Å². The van der Waals surface area contributed by atoms with Gasteiger partial charge in [-0.2, -0.15) is 0 Å². The van der Waals surface area contributed by atoms with Gasteiger partial charge in [0.05, 0.1) is 26.6 Å². The van der Waals surface area contributed by atoms with Crippen molar-refractivity contribution in [1.82, 2.24) is 4.98 Å². The van der Waals surface area contributed by atoms with Gasteiger partial charge in [0.1, 0.15) is 0 Å². The van der Waals surface area contributed by atoms with E-state index in [-0.39, 0.29) is 17.6 Å². The summed E-state index contributed by atoms with van der Waals surface area (Å²) in [6.07, 6.45) is 0. The molecule has 0 radical (unpaired) electrons. The first-order valence-electron chi connectivity index (χ1n) is 9.44. The number of rotatable bonds is 6. The van der Waals surface area contributed by atoms with Gasteiger partial charge in [0.25, 0.3) is 5.91 Å². The fraction of sp³-hybridized carbons (Fsp3) is 0.0870. The second-order valence-corrected chi connectivity index (χ2v) is 9.41. The highest BCUT2D eigenvalue weighted by Crippen LogP contribution is 2.31. The number of hydrogen-bond acceptors (Lipinski definition) is 5. The van der Waals surface area contributed by atoms with Gasteiger partial charge in [0.15, 0.2) is 4.34 Å². The molecule has 0 bridgehead atoms. The molecular weight excluding hydrogens is 450 g/mol. The van der Waals surface area contributed by atoms with E-state index in [4.69, 9.17) is 11.6 Å². The normalized spacial score (nSPS) is 10.8. The Morgan fingerprint density at radius 3 is 2.61 bits per heavy atom. The maximum atomic E-state index is 12.5. The van der Waals surface area contributed by atoms with Gasteiger partial charge in [-0.1, -0.05) is 53.7 Å². The third kappa shape index (κ3) is 5.25. The van der Waals surface area contributed by atoms with Crippen LogP contribution in [-0.2, 0) is 4.79 Å². The summed E-state index contributed by atoms with van der Waals surface area (Å²) in [5, 5.41) is 6.20. The quantitative estimate of drug-likeness (QED) is 0.329. The lowest BCUT2D eigenvalue weighted by Crippen LogP contribution is -2.14. The molecule has 0 spiro atoms. The second kappa shape index (κ2) is 9.51. The van der Waals surface area contributed by atoms with E-state index in [1.165, 1.54) is 23.1 Å². The minimum Gasteiger partial charge on any atom is -0.325 e. The van der Waals surface area contributed by atoms with Gasteiger partial charge in [-0.25, -0.2) is 4.98 Å². The van der Waals surface area contributed by atoms with E-state index >= 15 is 0 Å². The third-order valence-corrected chi connectivity index (χ3v) is 6.98. The summed E-state index contributed by atoms with van der Waals surface area (Å²) in [4.78, 5) is 29.3. The summed E-state index contributed by atoms with van der Waals surface area (Å²) < 4.78 is 1.73. The van der Waals surface area contributed by atoms with Crippen molar-refractivity contribution in [1.29, 1.82) is 0 Å². The van der Waals surface area contributed by atoms with Crippen molar-refractivity contribution in [2.75, 3.05) is 16.4 Å². The van der Waals surface area contributed by atoms with Crippen molar-refractivity contribution in [2.24, 2.45) is 0 Å². The number of amides is 2. The van der Waals surface area contributed by atoms with Crippen LogP contribution < -0.4 is 10.6 Å². The van der Waals surface area contributed by atoms with Gasteiger partial charge in [0, 0.05) is 11.4 Å². The number of thioether (sulfide) groups is 1. The van der Waals surface area contributed by atoms with Crippen LogP contribution in [-0.4, -0.2) is 22.6 Å². The first-order chi connectivity index (χ1) is 15.0. The number of nitrogens with zero attached hydrogens (tertiary/aromatic N) is 1. The molecule has 5 nitrogen and oxygen atoms in total. The van der Waals surface area contributed by atoms with E-state index in [1.807, 2.05) is 43.3 Å². The third-order valence-electron chi connectivity index (χ3n) is 4.49. The van der Waals surface area contributed by atoms with Crippen molar-refractivity contribution in [3.63, 3.8) is 0 Å². The number of nitrogens with one attached hydrogen (secondary N) is 2. The average Bonchev–Trinajstić information content (AvgIpc) is 3.16. The molecule has 4 aromatic rings. The molecule has 0 saturated heterocycles. The van der Waals surface area contributed by atoms with E-state index in [9.17, 15) is 9.59 Å². The van der Waals surface area contributed by atoms with Gasteiger partial charge in [-0.15, -0.1) is 11.3 Å². The first kappa shape index (κ1) is 21.4. The van der Waals surface area contributed by atoms with Crippen molar-refractivity contribution in [3.8, 4) is 0 Å². The van der Waals surface area contributed by atoms with Crippen LogP contribution in [0.3, 0.4) is 0 Å². The predicted molar refractivity (Wildman–Crippen MR) is 130 cm³/mol. The molecule has 0 aliphatic rings. The molecule has 0 aliphatic heterocycles. The Morgan fingerprint density at radius 2 is 1.81 bits per heavy atom. The molecule has 1 heterocycles. The summed E-state index contributed by atoms with van der Waals surface area (Å²) in [5.74, 6) is -0.0762. The molecule has 31 heavy (non-hydrogen) atoms. The Labute approximate surface area is 192 Å². The molecule has 4 rings (SSSR count). The molecule has 1 aromatic heterocycles. The number of anilines is 2. The fourth-order valence-corrected chi connectivity index (χ4v) is 5.04. The molecular formula is C23H18ClN3O2S2. The average molecular weight is 468 g/mol. The minimum atomic E-state index is -0.267. The number of aryl methyl sites for hydroxylation is 1. The molecule has 0 aliphatic carbocycles. The highest BCUT2D eigenvalue weighted by molar-refractivity contribution is 8.01. The van der Waals surface area contributed by atoms with Crippen molar-refractivity contribution in [2.45, 2.75) is 11.3 Å². The summed E-state index contributed by atoms with van der Waals surface area (Å²) in [6.45, 7) is 1.96. The molecule has 0 saturated carbocycles. The van der Waals surface area contributed by atoms with Crippen LogP contribution in [0.15, 0.2) is 71.1 Å². The zero-order valence-electron chi connectivity index (χ0n) is 16.5. The molecule has 0 atom stereocenters. The maximum Gasteiger partial charge on any atom is 0.257 e. The van der Waals surface area contributed by atoms with Crippen LogP contribution in [0.5, 0.6) is 0 Å². The highest BCUT2D eigenvalue weighted by atomic mass is 35.5.